The molecule has 1 aromatic heterocycles. The maximum Gasteiger partial charge on any atom is 0.244 e. The van der Waals surface area contributed by atoms with Crippen molar-refractivity contribution in [3.8, 4) is 0 Å². The lowest BCUT2D eigenvalue weighted by atomic mass is 10.1. The molecule has 0 aliphatic heterocycles. The second-order valence-corrected chi connectivity index (χ2v) is 5.77. The van der Waals surface area contributed by atoms with E-state index in [1.807, 2.05) is 24.3 Å². The van der Waals surface area contributed by atoms with Gasteiger partial charge in [0, 0.05) is 17.8 Å². The average Bonchev–Trinajstić information content (AvgIpc) is 2.61. The van der Waals surface area contributed by atoms with Crippen molar-refractivity contribution in [2.45, 2.75) is 20.4 Å². The van der Waals surface area contributed by atoms with Crippen LogP contribution >= 0.6 is 0 Å². The third-order valence-corrected chi connectivity index (χ3v) is 3.66. The normalized spacial score (nSPS) is 10.3. The first-order valence-corrected chi connectivity index (χ1v) is 7.97. The molecule has 0 aliphatic carbocycles. The summed E-state index contributed by atoms with van der Waals surface area (Å²) in [4.78, 5) is 15.7. The van der Waals surface area contributed by atoms with Gasteiger partial charge in [-0.1, -0.05) is 29.8 Å². The fraction of sp³-hybridized carbons (Fsp3) is 0.158. The number of rotatable bonds is 6. The SMILES string of the molecule is CC(=O)c1ccc(Nc2cnnc(NCc3cccc(C)c3)n2)cc1. The molecule has 0 radical (unpaired) electrons. The van der Waals surface area contributed by atoms with Crippen molar-refractivity contribution in [1.82, 2.24) is 15.2 Å². The van der Waals surface area contributed by atoms with Crippen LogP contribution in [0.15, 0.2) is 54.7 Å². The van der Waals surface area contributed by atoms with E-state index in [0.717, 1.165) is 11.3 Å². The van der Waals surface area contributed by atoms with E-state index in [-0.39, 0.29) is 5.78 Å². The molecule has 0 unspecified atom stereocenters. The predicted molar refractivity (Wildman–Crippen MR) is 98.1 cm³/mol. The van der Waals surface area contributed by atoms with Crippen LogP contribution in [0.3, 0.4) is 0 Å². The zero-order valence-corrected chi connectivity index (χ0v) is 14.2. The molecule has 0 amide bonds. The number of hydrogen-bond acceptors (Lipinski definition) is 6. The minimum Gasteiger partial charge on any atom is -0.349 e. The van der Waals surface area contributed by atoms with Gasteiger partial charge in [0.2, 0.25) is 5.95 Å². The summed E-state index contributed by atoms with van der Waals surface area (Å²) in [5.41, 5.74) is 3.87. The molecule has 25 heavy (non-hydrogen) atoms. The lowest BCUT2D eigenvalue weighted by Gasteiger charge is -2.08. The number of anilines is 3. The van der Waals surface area contributed by atoms with Gasteiger partial charge >= 0.3 is 0 Å². The Morgan fingerprint density at radius 3 is 2.64 bits per heavy atom. The van der Waals surface area contributed by atoms with Crippen LogP contribution in [0, 0.1) is 6.92 Å². The summed E-state index contributed by atoms with van der Waals surface area (Å²) in [6.45, 7) is 4.23. The molecule has 1 heterocycles. The Hall–Kier alpha value is -3.28. The van der Waals surface area contributed by atoms with Crippen molar-refractivity contribution >= 4 is 23.2 Å². The molecule has 0 saturated heterocycles. The zero-order valence-electron chi connectivity index (χ0n) is 14.2. The number of Topliss-reactive ketones (excluding diaryl/α,β-unsaturated/α-hetero) is 1. The molecule has 0 bridgehead atoms. The molecule has 126 valence electrons. The summed E-state index contributed by atoms with van der Waals surface area (Å²) in [6, 6.07) is 15.5. The van der Waals surface area contributed by atoms with Gasteiger partial charge < -0.3 is 10.6 Å². The summed E-state index contributed by atoms with van der Waals surface area (Å²) in [7, 11) is 0. The van der Waals surface area contributed by atoms with E-state index < -0.39 is 0 Å². The highest BCUT2D eigenvalue weighted by Crippen LogP contribution is 2.16. The van der Waals surface area contributed by atoms with E-state index >= 15 is 0 Å². The molecule has 2 aromatic carbocycles. The van der Waals surface area contributed by atoms with Crippen molar-refractivity contribution in [2.24, 2.45) is 0 Å². The molecule has 6 heteroatoms. The van der Waals surface area contributed by atoms with Gasteiger partial charge in [-0.25, -0.2) is 0 Å². The summed E-state index contributed by atoms with van der Waals surface area (Å²) in [6.07, 6.45) is 1.55. The Morgan fingerprint density at radius 1 is 1.12 bits per heavy atom. The Kier molecular flexibility index (Phi) is 4.99. The molecule has 0 saturated carbocycles. The molecule has 0 spiro atoms. The Balaban J connectivity index is 1.65. The first kappa shape index (κ1) is 16.6. The topological polar surface area (TPSA) is 79.8 Å². The van der Waals surface area contributed by atoms with Crippen LogP contribution in [0.25, 0.3) is 0 Å². The van der Waals surface area contributed by atoms with Crippen molar-refractivity contribution in [3.05, 3.63) is 71.4 Å². The fourth-order valence-corrected chi connectivity index (χ4v) is 2.38. The highest BCUT2D eigenvalue weighted by molar-refractivity contribution is 5.94. The Morgan fingerprint density at radius 2 is 1.92 bits per heavy atom. The molecule has 0 aliphatic rings. The monoisotopic (exact) mass is 333 g/mol. The maximum absolute atomic E-state index is 11.3. The van der Waals surface area contributed by atoms with E-state index in [4.69, 9.17) is 0 Å². The fourth-order valence-electron chi connectivity index (χ4n) is 2.38. The Bertz CT molecular complexity index is 877. The van der Waals surface area contributed by atoms with Gasteiger partial charge in [-0.2, -0.15) is 10.1 Å². The van der Waals surface area contributed by atoms with Gasteiger partial charge in [-0.05, 0) is 43.7 Å². The number of aryl methyl sites for hydroxylation is 1. The lowest BCUT2D eigenvalue weighted by Crippen LogP contribution is -2.06. The summed E-state index contributed by atoms with van der Waals surface area (Å²) >= 11 is 0. The third-order valence-electron chi connectivity index (χ3n) is 3.66. The quantitative estimate of drug-likeness (QED) is 0.669. The standard InChI is InChI=1S/C19H19N5O/c1-13-4-3-5-15(10-13)11-20-19-23-18(12-21-24-19)22-17-8-6-16(7-9-17)14(2)25/h3-10,12H,11H2,1-2H3,(H2,20,22,23,24). The number of nitrogens with zero attached hydrogens (tertiary/aromatic N) is 3. The van der Waals surface area contributed by atoms with Crippen LogP contribution < -0.4 is 10.6 Å². The Labute approximate surface area is 146 Å². The number of hydrogen-bond donors (Lipinski definition) is 2. The van der Waals surface area contributed by atoms with Gasteiger partial charge in [-0.15, -0.1) is 5.10 Å². The van der Waals surface area contributed by atoms with Crippen LogP contribution in [0.2, 0.25) is 0 Å². The van der Waals surface area contributed by atoms with E-state index in [1.54, 1.807) is 25.3 Å². The van der Waals surface area contributed by atoms with Gasteiger partial charge in [0.1, 0.15) is 0 Å². The molecule has 3 rings (SSSR count). The number of ketones is 1. The largest absolute Gasteiger partial charge is 0.349 e. The van der Waals surface area contributed by atoms with Crippen molar-refractivity contribution in [1.29, 1.82) is 0 Å². The number of carbonyl (C=O) groups excluding carboxylic acids is 1. The van der Waals surface area contributed by atoms with Crippen LogP contribution in [0.4, 0.5) is 17.5 Å². The van der Waals surface area contributed by atoms with Crippen molar-refractivity contribution in [2.75, 3.05) is 10.6 Å². The number of benzene rings is 2. The van der Waals surface area contributed by atoms with E-state index in [0.29, 0.717) is 23.9 Å². The highest BCUT2D eigenvalue weighted by Gasteiger charge is 2.03. The predicted octanol–water partition coefficient (Wildman–Crippen LogP) is 3.74. The van der Waals surface area contributed by atoms with Crippen LogP contribution in [-0.2, 0) is 6.54 Å². The molecular weight excluding hydrogens is 314 g/mol. The highest BCUT2D eigenvalue weighted by atomic mass is 16.1. The molecule has 0 fully saturated rings. The van der Waals surface area contributed by atoms with Gasteiger partial charge in [-0.3, -0.25) is 4.79 Å². The van der Waals surface area contributed by atoms with Crippen LogP contribution in [-0.4, -0.2) is 21.0 Å². The van der Waals surface area contributed by atoms with Gasteiger partial charge in [0.05, 0.1) is 6.20 Å². The van der Waals surface area contributed by atoms with E-state index in [2.05, 4.69) is 44.9 Å². The molecule has 2 N–H and O–H groups in total. The number of nitrogens with one attached hydrogen (secondary N) is 2. The minimum absolute atomic E-state index is 0.0397. The van der Waals surface area contributed by atoms with E-state index in [1.165, 1.54) is 5.56 Å². The molecular formula is C19H19N5O. The summed E-state index contributed by atoms with van der Waals surface area (Å²) < 4.78 is 0. The lowest BCUT2D eigenvalue weighted by molar-refractivity contribution is 0.101. The average molecular weight is 333 g/mol. The summed E-state index contributed by atoms with van der Waals surface area (Å²) in [5, 5.41) is 14.3. The number of carbonyl (C=O) groups is 1. The summed E-state index contributed by atoms with van der Waals surface area (Å²) in [5.74, 6) is 1.07. The molecule has 6 nitrogen and oxygen atoms in total. The number of aromatic nitrogens is 3. The van der Waals surface area contributed by atoms with Crippen molar-refractivity contribution in [3.63, 3.8) is 0 Å². The first-order valence-electron chi connectivity index (χ1n) is 7.97. The maximum atomic E-state index is 11.3. The van der Waals surface area contributed by atoms with Gasteiger partial charge in [0.15, 0.2) is 11.6 Å². The minimum atomic E-state index is 0.0397. The smallest absolute Gasteiger partial charge is 0.244 e. The van der Waals surface area contributed by atoms with Crippen molar-refractivity contribution < 1.29 is 4.79 Å². The zero-order chi connectivity index (χ0) is 17.6. The molecule has 0 atom stereocenters. The molecule has 3 aromatic rings. The second-order valence-electron chi connectivity index (χ2n) is 5.77. The van der Waals surface area contributed by atoms with E-state index in [9.17, 15) is 4.79 Å². The first-order chi connectivity index (χ1) is 12.1. The second kappa shape index (κ2) is 7.53. The van der Waals surface area contributed by atoms with Crippen LogP contribution in [0.5, 0.6) is 0 Å². The van der Waals surface area contributed by atoms with Crippen LogP contribution in [0.1, 0.15) is 28.4 Å². The third kappa shape index (κ3) is 4.60. The van der Waals surface area contributed by atoms with Gasteiger partial charge in [0.25, 0.3) is 0 Å².